The second-order valence-electron chi connectivity index (χ2n) is 9.60. The molecule has 1 aromatic carbocycles. The van der Waals surface area contributed by atoms with Gasteiger partial charge in [-0.2, -0.15) is 5.10 Å². The zero-order chi connectivity index (χ0) is 29.8. The normalized spacial score (nSPS) is 14.8. The third-order valence-electron chi connectivity index (χ3n) is 6.37. The van der Waals surface area contributed by atoms with Crippen LogP contribution in [0.4, 0.5) is 0 Å². The fourth-order valence-electron chi connectivity index (χ4n) is 4.38. The van der Waals surface area contributed by atoms with Gasteiger partial charge in [0, 0.05) is 43.6 Å². The molecule has 5 N–H and O–H groups in total. The van der Waals surface area contributed by atoms with E-state index in [0.29, 0.717) is 6.10 Å². The van der Waals surface area contributed by atoms with E-state index in [0.717, 1.165) is 61.8 Å². The summed E-state index contributed by atoms with van der Waals surface area (Å²) in [4.78, 5) is 37.4. The Morgan fingerprint density at radius 3 is 2.32 bits per heavy atom. The molecule has 220 valence electrons. The number of nitrogens with one attached hydrogen (secondary N) is 1. The molecule has 2 aromatic heterocycles. The summed E-state index contributed by atoms with van der Waals surface area (Å²) in [6, 6.07) is 14.1. The zero-order valence-electron chi connectivity index (χ0n) is 22.6. The fraction of sp³-hybridized carbons (Fsp3) is 0.393. The molecule has 1 aliphatic heterocycles. The summed E-state index contributed by atoms with van der Waals surface area (Å²) >= 11 is 0. The maximum Gasteiger partial charge on any atom is 0.336 e. The van der Waals surface area contributed by atoms with Gasteiger partial charge in [0.25, 0.3) is 0 Å². The summed E-state index contributed by atoms with van der Waals surface area (Å²) in [5.41, 5.74) is 1.64. The number of aliphatic hydroxyl groups is 1. The Bertz CT molecular complexity index is 1260. The number of benzene rings is 1. The smallest absolute Gasteiger partial charge is 0.336 e. The lowest BCUT2D eigenvalue weighted by atomic mass is 9.96. The van der Waals surface area contributed by atoms with Crippen LogP contribution in [-0.4, -0.2) is 90.4 Å². The van der Waals surface area contributed by atoms with Crippen LogP contribution in [0.1, 0.15) is 36.9 Å². The molecular formula is C28H34N4O9. The molecular weight excluding hydrogens is 536 g/mol. The molecule has 13 heteroatoms. The van der Waals surface area contributed by atoms with Crippen molar-refractivity contribution in [2.45, 2.75) is 50.5 Å². The van der Waals surface area contributed by atoms with Crippen molar-refractivity contribution < 1.29 is 44.3 Å². The van der Waals surface area contributed by atoms with E-state index in [2.05, 4.69) is 38.3 Å². The number of rotatable bonds is 13. The maximum absolute atomic E-state index is 10.3. The molecule has 0 amide bonds. The van der Waals surface area contributed by atoms with E-state index in [1.165, 1.54) is 5.56 Å². The van der Waals surface area contributed by atoms with Crippen molar-refractivity contribution in [3.05, 3.63) is 66.1 Å². The minimum Gasteiger partial charge on any atom is -0.497 e. The molecule has 1 aliphatic rings. The molecule has 1 atom stereocenters. The number of hydrogen-bond acceptors (Lipinski definition) is 9. The van der Waals surface area contributed by atoms with Crippen LogP contribution in [0.15, 0.2) is 54.9 Å². The zero-order valence-corrected chi connectivity index (χ0v) is 22.6. The fourth-order valence-corrected chi connectivity index (χ4v) is 4.38. The van der Waals surface area contributed by atoms with Crippen LogP contribution < -0.4 is 4.74 Å². The van der Waals surface area contributed by atoms with Crippen LogP contribution in [0.2, 0.25) is 0 Å². The van der Waals surface area contributed by atoms with Crippen molar-refractivity contribution in [1.82, 2.24) is 20.1 Å². The summed E-state index contributed by atoms with van der Waals surface area (Å²) in [7, 11) is 1.68. The number of hydrogen-bond donors (Lipinski definition) is 5. The van der Waals surface area contributed by atoms with Crippen molar-refractivity contribution >= 4 is 17.9 Å². The van der Waals surface area contributed by atoms with Gasteiger partial charge in [-0.15, -0.1) is 0 Å². The molecule has 1 unspecified atom stereocenters. The van der Waals surface area contributed by atoms with Crippen molar-refractivity contribution in [3.8, 4) is 17.0 Å². The highest BCUT2D eigenvalue weighted by Crippen LogP contribution is 2.26. The molecule has 41 heavy (non-hydrogen) atoms. The summed E-state index contributed by atoms with van der Waals surface area (Å²) in [5.74, 6) is -4.17. The number of carboxylic acid groups (broad SMARTS) is 3. The summed E-state index contributed by atoms with van der Waals surface area (Å²) in [6.45, 7) is 3.33. The van der Waals surface area contributed by atoms with Gasteiger partial charge >= 0.3 is 17.9 Å². The predicted octanol–water partition coefficient (Wildman–Crippen LogP) is 2.41. The molecule has 4 rings (SSSR count). The Balaban J connectivity index is 0.000000302. The van der Waals surface area contributed by atoms with Gasteiger partial charge in [-0.1, -0.05) is 6.07 Å². The molecule has 0 saturated carbocycles. The number of ether oxygens (including phenoxy) is 2. The second-order valence-corrected chi connectivity index (χ2v) is 9.60. The second kappa shape index (κ2) is 14.9. The average Bonchev–Trinajstić information content (AvgIpc) is 3.61. The molecule has 0 spiro atoms. The Kier molecular flexibility index (Phi) is 11.3. The number of methoxy groups -OCH3 is 1. The first kappa shape index (κ1) is 31.2. The van der Waals surface area contributed by atoms with Crippen molar-refractivity contribution in [2.24, 2.45) is 0 Å². The molecule has 3 heterocycles. The van der Waals surface area contributed by atoms with E-state index in [1.807, 2.05) is 36.7 Å². The van der Waals surface area contributed by atoms with E-state index in [-0.39, 0.29) is 0 Å². The Morgan fingerprint density at radius 1 is 1.07 bits per heavy atom. The quantitative estimate of drug-likeness (QED) is 0.202. The molecule has 0 radical (unpaired) electrons. The third kappa shape index (κ3) is 9.67. The summed E-state index contributed by atoms with van der Waals surface area (Å²) in [5, 5.41) is 41.3. The highest BCUT2D eigenvalue weighted by molar-refractivity contribution is 5.88. The van der Waals surface area contributed by atoms with Crippen LogP contribution in [0, 0.1) is 0 Å². The third-order valence-corrected chi connectivity index (χ3v) is 6.37. The Morgan fingerprint density at radius 2 is 1.78 bits per heavy atom. The van der Waals surface area contributed by atoms with Gasteiger partial charge in [0.05, 0.1) is 43.6 Å². The van der Waals surface area contributed by atoms with Crippen LogP contribution in [-0.2, 0) is 32.2 Å². The monoisotopic (exact) mass is 570 g/mol. The van der Waals surface area contributed by atoms with E-state index in [9.17, 15) is 14.4 Å². The number of H-pyrrole nitrogens is 1. The first-order valence-corrected chi connectivity index (χ1v) is 12.9. The number of carboxylic acids is 3. The van der Waals surface area contributed by atoms with Gasteiger partial charge in [-0.25, -0.2) is 4.79 Å². The molecule has 1 saturated heterocycles. The van der Waals surface area contributed by atoms with Crippen LogP contribution in [0.5, 0.6) is 5.75 Å². The molecule has 0 bridgehead atoms. The van der Waals surface area contributed by atoms with Gasteiger partial charge in [0.15, 0.2) is 5.60 Å². The largest absolute Gasteiger partial charge is 0.497 e. The summed E-state index contributed by atoms with van der Waals surface area (Å²) in [6.07, 6.45) is 4.03. The first-order valence-electron chi connectivity index (χ1n) is 12.9. The number of aromatic nitrogens is 3. The number of pyridine rings is 1. The van der Waals surface area contributed by atoms with Gasteiger partial charge in [-0.05, 0) is 49.2 Å². The van der Waals surface area contributed by atoms with E-state index in [4.69, 9.17) is 29.9 Å². The van der Waals surface area contributed by atoms with Crippen LogP contribution in [0.25, 0.3) is 11.3 Å². The Hall–Kier alpha value is -4.33. The SMILES string of the molecule is COc1ccc(-c2[nH]ncc2CN(Cc2ccccn2)CC2CCCO2)cc1.O=C(O)CC(O)(CC(=O)O)C(=O)O. The average molecular weight is 571 g/mol. The molecule has 0 aliphatic carbocycles. The lowest BCUT2D eigenvalue weighted by molar-refractivity contribution is -0.170. The van der Waals surface area contributed by atoms with Crippen molar-refractivity contribution in [1.29, 1.82) is 0 Å². The minimum atomic E-state index is -2.74. The number of aliphatic carboxylic acids is 3. The standard InChI is InChI=1S/C22H26N4O2.C6H8O7/c1-27-20-9-7-17(8-10-20)22-18(13-24-25-22)14-26(16-21-6-4-12-28-21)15-19-5-2-3-11-23-19;7-3(8)1-6(13,5(11)12)2-4(9)10/h2-3,5,7-11,13,21H,4,6,12,14-16H2,1H3,(H,24,25);13H,1-2H2,(H,7,8)(H,9,10)(H,11,12). The predicted molar refractivity (Wildman–Crippen MR) is 145 cm³/mol. The number of nitrogens with zero attached hydrogens (tertiary/aromatic N) is 3. The van der Waals surface area contributed by atoms with Gasteiger partial charge in [0.1, 0.15) is 5.75 Å². The molecule has 3 aromatic rings. The maximum atomic E-state index is 10.3. The highest BCUT2D eigenvalue weighted by Gasteiger charge is 2.40. The Labute approximate surface area is 236 Å². The molecule has 1 fully saturated rings. The number of aromatic amines is 1. The van der Waals surface area contributed by atoms with E-state index >= 15 is 0 Å². The highest BCUT2D eigenvalue weighted by atomic mass is 16.5. The minimum absolute atomic E-state index is 0.292. The lowest BCUT2D eigenvalue weighted by Crippen LogP contribution is -2.42. The van der Waals surface area contributed by atoms with Crippen molar-refractivity contribution in [2.75, 3.05) is 20.3 Å². The number of carbonyl (C=O) groups is 3. The van der Waals surface area contributed by atoms with Crippen molar-refractivity contribution in [3.63, 3.8) is 0 Å². The van der Waals surface area contributed by atoms with E-state index < -0.39 is 36.4 Å². The van der Waals surface area contributed by atoms with Crippen LogP contribution in [0.3, 0.4) is 0 Å². The van der Waals surface area contributed by atoms with E-state index in [1.54, 1.807) is 7.11 Å². The van der Waals surface area contributed by atoms with Gasteiger partial charge in [-0.3, -0.25) is 24.6 Å². The van der Waals surface area contributed by atoms with Gasteiger partial charge in [0.2, 0.25) is 0 Å². The lowest BCUT2D eigenvalue weighted by Gasteiger charge is -2.25. The van der Waals surface area contributed by atoms with Crippen LogP contribution >= 0.6 is 0 Å². The van der Waals surface area contributed by atoms with Gasteiger partial charge < -0.3 is 29.9 Å². The molecule has 13 nitrogen and oxygen atoms in total. The topological polar surface area (TPSA) is 195 Å². The summed E-state index contributed by atoms with van der Waals surface area (Å²) < 4.78 is 11.1. The first-order chi connectivity index (χ1) is 19.6.